The lowest BCUT2D eigenvalue weighted by Gasteiger charge is -2.19. The predicted octanol–water partition coefficient (Wildman–Crippen LogP) is 1.46. The fourth-order valence-electron chi connectivity index (χ4n) is 2.36. The predicted molar refractivity (Wildman–Crippen MR) is 88.8 cm³/mol. The van der Waals surface area contributed by atoms with E-state index in [4.69, 9.17) is 5.11 Å². The minimum absolute atomic E-state index is 0.159. The van der Waals surface area contributed by atoms with Crippen molar-refractivity contribution in [1.82, 2.24) is 4.90 Å². The zero-order valence-electron chi connectivity index (χ0n) is 13.7. The number of hydrogen-bond donors (Lipinski definition) is 6. The number of carboxylic acids is 1. The molecule has 2 amide bonds. The second kappa shape index (κ2) is 7.52. The van der Waals surface area contributed by atoms with Crippen molar-refractivity contribution in [1.29, 1.82) is 0 Å². The molecule has 6 N–H and O–H groups in total. The number of carbonyl (C=O) groups is 3. The van der Waals surface area contributed by atoms with E-state index < -0.39 is 59.5 Å². The minimum Gasteiger partial charge on any atom is -0.508 e. The lowest BCUT2D eigenvalue weighted by molar-refractivity contribution is -0.136. The van der Waals surface area contributed by atoms with Crippen LogP contribution in [0.3, 0.4) is 0 Å². The van der Waals surface area contributed by atoms with Gasteiger partial charge in [-0.3, -0.25) is 9.59 Å². The van der Waals surface area contributed by atoms with Crippen LogP contribution >= 0.6 is 0 Å². The summed E-state index contributed by atoms with van der Waals surface area (Å²) < 4.78 is 0. The summed E-state index contributed by atoms with van der Waals surface area (Å²) in [6, 6.07) is 5.19. The molecule has 0 aliphatic heterocycles. The third-order valence-electron chi connectivity index (χ3n) is 3.60. The maximum absolute atomic E-state index is 12.6. The molecule has 10 nitrogen and oxygen atoms in total. The Morgan fingerprint density at radius 2 is 1.56 bits per heavy atom. The summed E-state index contributed by atoms with van der Waals surface area (Å²) in [6.45, 7) is -0.536. The first-order valence-corrected chi connectivity index (χ1v) is 7.42. The standard InChI is InChI=1S/C17H15NO9/c19-10-4-9(5-14(22)23)15(24)11(6-10)16(25)18(17(26)27)7-8-1-2-12(20)13(21)3-8/h1-4,6,19-21,24H,5,7H2,(H,22,23)(H,26,27). The molecule has 142 valence electrons. The molecule has 0 aliphatic rings. The Labute approximate surface area is 151 Å². The molecule has 0 saturated carbocycles. The molecule has 0 fully saturated rings. The number of imide groups is 1. The zero-order valence-corrected chi connectivity index (χ0v) is 13.7. The van der Waals surface area contributed by atoms with E-state index in [-0.39, 0.29) is 11.1 Å². The number of amides is 2. The van der Waals surface area contributed by atoms with Crippen LogP contribution in [-0.4, -0.2) is 53.5 Å². The topological polar surface area (TPSA) is 176 Å². The average Bonchev–Trinajstić information content (AvgIpc) is 2.57. The van der Waals surface area contributed by atoms with Crippen LogP contribution < -0.4 is 0 Å². The molecule has 0 heterocycles. The molecule has 2 aromatic rings. The van der Waals surface area contributed by atoms with E-state index in [1.807, 2.05) is 0 Å². The number of phenolic OH excluding ortho intramolecular Hbond substituents is 4. The molecule has 0 radical (unpaired) electrons. The van der Waals surface area contributed by atoms with Crippen molar-refractivity contribution in [3.05, 3.63) is 47.0 Å². The fourth-order valence-corrected chi connectivity index (χ4v) is 2.36. The normalized spacial score (nSPS) is 10.4. The molecular formula is C17H15NO9. The molecule has 10 heteroatoms. The van der Waals surface area contributed by atoms with Crippen molar-refractivity contribution >= 4 is 18.0 Å². The lowest BCUT2D eigenvalue weighted by Crippen LogP contribution is -2.35. The molecule has 0 bridgehead atoms. The number of carboxylic acid groups (broad SMARTS) is 2. The number of benzene rings is 2. The van der Waals surface area contributed by atoms with Gasteiger partial charge in [0, 0.05) is 5.56 Å². The number of aliphatic carboxylic acids is 1. The first-order chi connectivity index (χ1) is 12.6. The third-order valence-corrected chi connectivity index (χ3v) is 3.60. The first-order valence-electron chi connectivity index (χ1n) is 7.42. The highest BCUT2D eigenvalue weighted by atomic mass is 16.4. The van der Waals surface area contributed by atoms with E-state index >= 15 is 0 Å². The van der Waals surface area contributed by atoms with Gasteiger partial charge in [0.05, 0.1) is 18.5 Å². The zero-order chi connectivity index (χ0) is 20.3. The van der Waals surface area contributed by atoms with Crippen LogP contribution in [0.4, 0.5) is 4.79 Å². The molecule has 2 rings (SSSR count). The van der Waals surface area contributed by atoms with Crippen molar-refractivity contribution < 1.29 is 45.0 Å². The van der Waals surface area contributed by atoms with Crippen molar-refractivity contribution in [2.75, 3.05) is 0 Å². The average molecular weight is 377 g/mol. The Hall–Kier alpha value is -3.95. The summed E-state index contributed by atoms with van der Waals surface area (Å²) in [5.74, 6) is -4.79. The quantitative estimate of drug-likeness (QED) is 0.332. The summed E-state index contributed by atoms with van der Waals surface area (Å²) in [7, 11) is 0. The fraction of sp³-hybridized carbons (Fsp3) is 0.118. The van der Waals surface area contributed by atoms with E-state index in [1.54, 1.807) is 0 Å². The Morgan fingerprint density at radius 3 is 2.11 bits per heavy atom. The van der Waals surface area contributed by atoms with Gasteiger partial charge in [-0.25, -0.2) is 9.69 Å². The van der Waals surface area contributed by atoms with Gasteiger partial charge in [-0.1, -0.05) is 6.07 Å². The van der Waals surface area contributed by atoms with Crippen LogP contribution in [0, 0.1) is 0 Å². The Morgan fingerprint density at radius 1 is 0.889 bits per heavy atom. The number of phenols is 4. The van der Waals surface area contributed by atoms with Gasteiger partial charge in [0.2, 0.25) is 0 Å². The highest BCUT2D eigenvalue weighted by Crippen LogP contribution is 2.31. The van der Waals surface area contributed by atoms with Crippen molar-refractivity contribution in [2.24, 2.45) is 0 Å². The molecule has 0 aromatic heterocycles. The highest BCUT2D eigenvalue weighted by Gasteiger charge is 2.27. The number of nitrogens with zero attached hydrogens (tertiary/aromatic N) is 1. The number of aromatic hydroxyl groups is 4. The van der Waals surface area contributed by atoms with Crippen molar-refractivity contribution in [3.8, 4) is 23.0 Å². The summed E-state index contributed by atoms with van der Waals surface area (Å²) in [5.41, 5.74) is -0.707. The molecule has 2 aromatic carbocycles. The molecule has 0 saturated heterocycles. The van der Waals surface area contributed by atoms with E-state index in [1.165, 1.54) is 6.07 Å². The van der Waals surface area contributed by atoms with Gasteiger partial charge in [-0.15, -0.1) is 0 Å². The van der Waals surface area contributed by atoms with Crippen LogP contribution in [0.5, 0.6) is 23.0 Å². The largest absolute Gasteiger partial charge is 0.508 e. The van der Waals surface area contributed by atoms with Crippen LogP contribution in [0.1, 0.15) is 21.5 Å². The van der Waals surface area contributed by atoms with E-state index in [2.05, 4.69) is 0 Å². The molecular weight excluding hydrogens is 362 g/mol. The third kappa shape index (κ3) is 4.37. The summed E-state index contributed by atoms with van der Waals surface area (Å²) in [5, 5.41) is 56.7. The summed E-state index contributed by atoms with van der Waals surface area (Å²) in [4.78, 5) is 35.2. The Balaban J connectivity index is 2.42. The molecule has 27 heavy (non-hydrogen) atoms. The van der Waals surface area contributed by atoms with Crippen LogP contribution in [0.2, 0.25) is 0 Å². The van der Waals surface area contributed by atoms with Gasteiger partial charge in [-0.05, 0) is 29.8 Å². The number of hydrogen-bond acceptors (Lipinski definition) is 7. The monoisotopic (exact) mass is 377 g/mol. The molecule has 0 unspecified atom stereocenters. The maximum Gasteiger partial charge on any atom is 0.414 e. The second-order valence-corrected chi connectivity index (χ2v) is 5.57. The minimum atomic E-state index is -1.69. The Bertz CT molecular complexity index is 923. The van der Waals surface area contributed by atoms with Gasteiger partial charge in [0.15, 0.2) is 11.5 Å². The Kier molecular flexibility index (Phi) is 5.40. The second-order valence-electron chi connectivity index (χ2n) is 5.57. The van der Waals surface area contributed by atoms with Crippen LogP contribution in [0.15, 0.2) is 30.3 Å². The maximum atomic E-state index is 12.6. The van der Waals surface area contributed by atoms with Gasteiger partial charge in [0.25, 0.3) is 5.91 Å². The van der Waals surface area contributed by atoms with E-state index in [0.29, 0.717) is 4.90 Å². The smallest absolute Gasteiger partial charge is 0.414 e. The molecule has 0 spiro atoms. The van der Waals surface area contributed by atoms with Gasteiger partial charge in [0.1, 0.15) is 11.5 Å². The van der Waals surface area contributed by atoms with E-state index in [9.17, 15) is 39.9 Å². The SMILES string of the molecule is O=C(O)Cc1cc(O)cc(C(=O)N(Cc2ccc(O)c(O)c2)C(=O)O)c1O. The lowest BCUT2D eigenvalue weighted by atomic mass is 10.0. The van der Waals surface area contributed by atoms with Gasteiger partial charge < -0.3 is 30.6 Å². The van der Waals surface area contributed by atoms with Crippen LogP contribution in [-0.2, 0) is 17.8 Å². The summed E-state index contributed by atoms with van der Waals surface area (Å²) in [6.07, 6.45) is -2.38. The van der Waals surface area contributed by atoms with E-state index in [0.717, 1.165) is 24.3 Å². The first kappa shape index (κ1) is 19.4. The molecule has 0 atom stereocenters. The highest BCUT2D eigenvalue weighted by molar-refractivity contribution is 6.04. The van der Waals surface area contributed by atoms with Crippen molar-refractivity contribution in [2.45, 2.75) is 13.0 Å². The van der Waals surface area contributed by atoms with Crippen LogP contribution in [0.25, 0.3) is 0 Å². The molecule has 0 aliphatic carbocycles. The summed E-state index contributed by atoms with van der Waals surface area (Å²) >= 11 is 0. The van der Waals surface area contributed by atoms with Crippen molar-refractivity contribution in [3.63, 3.8) is 0 Å². The number of carbonyl (C=O) groups excluding carboxylic acids is 1. The van der Waals surface area contributed by atoms with Gasteiger partial charge in [-0.2, -0.15) is 0 Å². The number of rotatable bonds is 5. The van der Waals surface area contributed by atoms with Gasteiger partial charge >= 0.3 is 12.1 Å².